The molecule has 0 radical (unpaired) electrons. The molecule has 1 heterocycles. The molecule has 1 aromatic carbocycles. The molecule has 1 aliphatic heterocycles. The number of benzene rings is 1. The van der Waals surface area contributed by atoms with Crippen LogP contribution in [0.15, 0.2) is 24.3 Å². The van der Waals surface area contributed by atoms with Crippen molar-refractivity contribution in [1.29, 1.82) is 0 Å². The van der Waals surface area contributed by atoms with Gasteiger partial charge in [0.1, 0.15) is 0 Å². The maximum atomic E-state index is 12.0. The first-order valence-corrected chi connectivity index (χ1v) is 7.16. The molecule has 1 aliphatic rings. The van der Waals surface area contributed by atoms with Crippen molar-refractivity contribution in [2.24, 2.45) is 5.92 Å². The molecule has 19 heavy (non-hydrogen) atoms. The number of amides is 1. The minimum atomic E-state index is 0.185. The standard InChI is InChI=1S/C16H24N2O/c1-4-12(2)14-7-5-13(6-8-14)11-18(3)16(19)15-9-17-10-15/h5-8,12,15,17H,4,9-11H2,1-3H3. The third-order valence-electron chi connectivity index (χ3n) is 4.09. The molecule has 2 rings (SSSR count). The molecule has 0 bridgehead atoms. The van der Waals surface area contributed by atoms with Crippen LogP contribution >= 0.6 is 0 Å². The lowest BCUT2D eigenvalue weighted by molar-refractivity contribution is -0.136. The predicted octanol–water partition coefficient (Wildman–Crippen LogP) is 2.38. The van der Waals surface area contributed by atoms with Crippen molar-refractivity contribution in [1.82, 2.24) is 10.2 Å². The Balaban J connectivity index is 1.93. The zero-order chi connectivity index (χ0) is 13.8. The summed E-state index contributed by atoms with van der Waals surface area (Å²) in [6, 6.07) is 8.66. The molecule has 3 heteroatoms. The highest BCUT2D eigenvalue weighted by molar-refractivity contribution is 5.79. The van der Waals surface area contributed by atoms with Gasteiger partial charge in [0.05, 0.1) is 5.92 Å². The van der Waals surface area contributed by atoms with E-state index in [0.717, 1.165) is 19.5 Å². The van der Waals surface area contributed by atoms with Gasteiger partial charge in [0.25, 0.3) is 0 Å². The number of rotatable bonds is 5. The second-order valence-corrected chi connectivity index (χ2v) is 5.60. The van der Waals surface area contributed by atoms with Crippen LogP contribution in [0.5, 0.6) is 0 Å². The van der Waals surface area contributed by atoms with Gasteiger partial charge in [-0.2, -0.15) is 0 Å². The van der Waals surface area contributed by atoms with Crippen molar-refractivity contribution >= 4 is 5.91 Å². The summed E-state index contributed by atoms with van der Waals surface area (Å²) in [7, 11) is 1.89. The Bertz CT molecular complexity index is 423. The van der Waals surface area contributed by atoms with Crippen LogP contribution in [-0.4, -0.2) is 30.9 Å². The van der Waals surface area contributed by atoms with Gasteiger partial charge >= 0.3 is 0 Å². The van der Waals surface area contributed by atoms with Crippen molar-refractivity contribution in [3.63, 3.8) is 0 Å². The lowest BCUT2D eigenvalue weighted by Gasteiger charge is -2.30. The maximum Gasteiger partial charge on any atom is 0.228 e. The number of hydrogen-bond donors (Lipinski definition) is 1. The van der Waals surface area contributed by atoms with Crippen LogP contribution in [0.1, 0.15) is 37.3 Å². The Morgan fingerprint density at radius 2 is 2.00 bits per heavy atom. The lowest BCUT2D eigenvalue weighted by Crippen LogP contribution is -2.50. The quantitative estimate of drug-likeness (QED) is 0.881. The fourth-order valence-corrected chi connectivity index (χ4v) is 2.31. The van der Waals surface area contributed by atoms with Gasteiger partial charge in [-0.05, 0) is 23.5 Å². The molecule has 0 saturated carbocycles. The van der Waals surface area contributed by atoms with E-state index in [1.54, 1.807) is 0 Å². The second kappa shape index (κ2) is 6.20. The molecule has 0 aliphatic carbocycles. The molecule has 0 aromatic heterocycles. The van der Waals surface area contributed by atoms with Crippen molar-refractivity contribution in [3.05, 3.63) is 35.4 Å². The number of carbonyl (C=O) groups is 1. The fraction of sp³-hybridized carbons (Fsp3) is 0.562. The van der Waals surface area contributed by atoms with Gasteiger partial charge in [0, 0.05) is 26.7 Å². The van der Waals surface area contributed by atoms with Crippen LogP contribution in [0.2, 0.25) is 0 Å². The summed E-state index contributed by atoms with van der Waals surface area (Å²) in [5.41, 5.74) is 2.58. The van der Waals surface area contributed by atoms with Crippen molar-refractivity contribution < 1.29 is 4.79 Å². The monoisotopic (exact) mass is 260 g/mol. The Hall–Kier alpha value is -1.35. The first-order valence-electron chi connectivity index (χ1n) is 7.16. The number of nitrogens with one attached hydrogen (secondary N) is 1. The highest BCUT2D eigenvalue weighted by Crippen LogP contribution is 2.19. The summed E-state index contributed by atoms with van der Waals surface area (Å²) >= 11 is 0. The van der Waals surface area contributed by atoms with Gasteiger partial charge in [0.2, 0.25) is 5.91 Å². The first-order chi connectivity index (χ1) is 9.11. The average molecular weight is 260 g/mol. The van der Waals surface area contributed by atoms with E-state index in [9.17, 15) is 4.79 Å². The highest BCUT2D eigenvalue weighted by atomic mass is 16.2. The van der Waals surface area contributed by atoms with Crippen LogP contribution in [0.3, 0.4) is 0 Å². The molecule has 3 nitrogen and oxygen atoms in total. The molecule has 1 amide bonds. The zero-order valence-electron chi connectivity index (χ0n) is 12.1. The Labute approximate surface area is 116 Å². The van der Waals surface area contributed by atoms with E-state index < -0.39 is 0 Å². The SMILES string of the molecule is CCC(C)c1ccc(CN(C)C(=O)C2CNC2)cc1. The summed E-state index contributed by atoms with van der Waals surface area (Å²) < 4.78 is 0. The molecule has 1 fully saturated rings. The van der Waals surface area contributed by atoms with Crippen LogP contribution in [0.25, 0.3) is 0 Å². The minimum Gasteiger partial charge on any atom is -0.341 e. The summed E-state index contributed by atoms with van der Waals surface area (Å²) in [5.74, 6) is 1.05. The van der Waals surface area contributed by atoms with Crippen LogP contribution in [0, 0.1) is 5.92 Å². The van der Waals surface area contributed by atoms with Gasteiger partial charge in [-0.3, -0.25) is 4.79 Å². The van der Waals surface area contributed by atoms with E-state index in [-0.39, 0.29) is 11.8 Å². The normalized spacial score (nSPS) is 16.8. The van der Waals surface area contributed by atoms with Crippen molar-refractivity contribution in [2.45, 2.75) is 32.7 Å². The summed E-state index contributed by atoms with van der Waals surface area (Å²) in [6.07, 6.45) is 1.16. The van der Waals surface area contributed by atoms with Crippen LogP contribution in [0.4, 0.5) is 0 Å². The van der Waals surface area contributed by atoms with E-state index in [2.05, 4.69) is 43.4 Å². The van der Waals surface area contributed by atoms with Gasteiger partial charge in [-0.1, -0.05) is 38.1 Å². The third kappa shape index (κ3) is 3.35. The Morgan fingerprint density at radius 3 is 2.47 bits per heavy atom. The van der Waals surface area contributed by atoms with Crippen LogP contribution < -0.4 is 5.32 Å². The zero-order valence-corrected chi connectivity index (χ0v) is 12.1. The van der Waals surface area contributed by atoms with Crippen molar-refractivity contribution in [2.75, 3.05) is 20.1 Å². The summed E-state index contributed by atoms with van der Waals surface area (Å²) in [5, 5.41) is 3.14. The third-order valence-corrected chi connectivity index (χ3v) is 4.09. The largest absolute Gasteiger partial charge is 0.341 e. The van der Waals surface area contributed by atoms with E-state index in [0.29, 0.717) is 12.5 Å². The number of nitrogens with zero attached hydrogens (tertiary/aromatic N) is 1. The Morgan fingerprint density at radius 1 is 1.37 bits per heavy atom. The first kappa shape index (κ1) is 14.1. The molecular formula is C16H24N2O. The van der Waals surface area contributed by atoms with Gasteiger partial charge in [0.15, 0.2) is 0 Å². The summed E-state index contributed by atoms with van der Waals surface area (Å²) in [6.45, 7) is 6.81. The van der Waals surface area contributed by atoms with E-state index in [4.69, 9.17) is 0 Å². The summed E-state index contributed by atoms with van der Waals surface area (Å²) in [4.78, 5) is 13.9. The van der Waals surface area contributed by atoms with Gasteiger partial charge in [-0.25, -0.2) is 0 Å². The number of carbonyl (C=O) groups excluding carboxylic acids is 1. The van der Waals surface area contributed by atoms with Crippen LogP contribution in [-0.2, 0) is 11.3 Å². The smallest absolute Gasteiger partial charge is 0.228 e. The molecule has 1 unspecified atom stereocenters. The Kier molecular flexibility index (Phi) is 4.59. The second-order valence-electron chi connectivity index (χ2n) is 5.60. The van der Waals surface area contributed by atoms with Crippen molar-refractivity contribution in [3.8, 4) is 0 Å². The van der Waals surface area contributed by atoms with E-state index in [1.165, 1.54) is 11.1 Å². The van der Waals surface area contributed by atoms with Gasteiger partial charge in [-0.15, -0.1) is 0 Å². The molecule has 1 saturated heterocycles. The molecule has 104 valence electrons. The molecule has 1 aromatic rings. The maximum absolute atomic E-state index is 12.0. The predicted molar refractivity (Wildman–Crippen MR) is 78.0 cm³/mol. The minimum absolute atomic E-state index is 0.185. The number of hydrogen-bond acceptors (Lipinski definition) is 2. The lowest BCUT2D eigenvalue weighted by atomic mass is 9.97. The average Bonchev–Trinajstić information content (AvgIpc) is 2.36. The van der Waals surface area contributed by atoms with E-state index >= 15 is 0 Å². The molecular weight excluding hydrogens is 236 g/mol. The molecule has 1 atom stereocenters. The highest BCUT2D eigenvalue weighted by Gasteiger charge is 2.27. The molecule has 1 N–H and O–H groups in total. The van der Waals surface area contributed by atoms with E-state index in [1.807, 2.05) is 11.9 Å². The fourth-order valence-electron chi connectivity index (χ4n) is 2.31. The topological polar surface area (TPSA) is 32.3 Å². The molecule has 0 spiro atoms. The van der Waals surface area contributed by atoms with Gasteiger partial charge < -0.3 is 10.2 Å².